The van der Waals surface area contributed by atoms with Gasteiger partial charge in [0.15, 0.2) is 0 Å². The Kier molecular flexibility index (Phi) is 6.79. The summed E-state index contributed by atoms with van der Waals surface area (Å²) in [5, 5.41) is 0. The van der Waals surface area contributed by atoms with Crippen LogP contribution in [0.4, 0.5) is 0 Å². The summed E-state index contributed by atoms with van der Waals surface area (Å²) < 4.78 is 6.15. The van der Waals surface area contributed by atoms with Gasteiger partial charge >= 0.3 is 0 Å². The Labute approximate surface area is 148 Å². The third-order valence-electron chi connectivity index (χ3n) is 5.02. The Bertz CT molecular complexity index is 551. The lowest BCUT2D eigenvalue weighted by Crippen LogP contribution is -2.10. The molecule has 1 aliphatic rings. The van der Waals surface area contributed by atoms with Gasteiger partial charge in [-0.05, 0) is 53.6 Å². The monoisotopic (exact) mass is 327 g/mol. The van der Waals surface area contributed by atoms with Gasteiger partial charge in [-0.15, -0.1) is 0 Å². The molecule has 0 bridgehead atoms. The van der Waals surface area contributed by atoms with Crippen LogP contribution in [0, 0.1) is 0 Å². The van der Waals surface area contributed by atoms with Crippen LogP contribution in [0.25, 0.3) is 0 Å². The fourth-order valence-electron chi connectivity index (χ4n) is 3.63. The molecule has 0 N–H and O–H groups in total. The van der Waals surface area contributed by atoms with Crippen molar-refractivity contribution in [3.8, 4) is 0 Å². The fourth-order valence-corrected chi connectivity index (χ4v) is 3.63. The van der Waals surface area contributed by atoms with E-state index < -0.39 is 0 Å². The van der Waals surface area contributed by atoms with E-state index in [0.29, 0.717) is 17.9 Å². The van der Waals surface area contributed by atoms with Gasteiger partial charge in [0, 0.05) is 12.1 Å². The first-order valence-electron chi connectivity index (χ1n) is 9.34. The van der Waals surface area contributed by atoms with Crippen molar-refractivity contribution in [1.82, 2.24) is 0 Å². The molecule has 1 aromatic carbocycles. The maximum atomic E-state index is 6.15. The topological polar surface area (TPSA) is 21.6 Å². The van der Waals surface area contributed by atoms with E-state index in [-0.39, 0.29) is 0 Å². The number of hydrogen-bond donors (Lipinski definition) is 0. The van der Waals surface area contributed by atoms with Crippen LogP contribution in [0.5, 0.6) is 0 Å². The molecule has 24 heavy (non-hydrogen) atoms. The zero-order chi connectivity index (χ0) is 17.7. The fraction of sp³-hybridized carbons (Fsp3) is 0.591. The van der Waals surface area contributed by atoms with E-state index in [2.05, 4.69) is 58.1 Å². The summed E-state index contributed by atoms with van der Waals surface area (Å²) in [7, 11) is 0. The number of ether oxygens (including phenoxy) is 1. The standard InChI is InChI=1S/C22H33NO/c1-15(2)20-12-18(14-24-19-9-7-8-10-19)13-21(16(3)4)22(20)11-17(5)23-6/h12-13,15-16,19H,5-11,14H2,1-4H3. The lowest BCUT2D eigenvalue weighted by molar-refractivity contribution is 0.0456. The van der Waals surface area contributed by atoms with Crippen LogP contribution < -0.4 is 0 Å². The average Bonchev–Trinajstić information content (AvgIpc) is 3.06. The second-order valence-electron chi connectivity index (χ2n) is 7.68. The molecule has 2 heteroatoms. The molecule has 2 nitrogen and oxygen atoms in total. The van der Waals surface area contributed by atoms with E-state index in [1.54, 1.807) is 0 Å². The van der Waals surface area contributed by atoms with E-state index in [0.717, 1.165) is 18.7 Å². The Morgan fingerprint density at radius 2 is 1.67 bits per heavy atom. The summed E-state index contributed by atoms with van der Waals surface area (Å²) in [6.07, 6.45) is 6.31. The molecule has 0 saturated heterocycles. The zero-order valence-corrected chi connectivity index (χ0v) is 15.9. The number of allylic oxidation sites excluding steroid dienone is 1. The van der Waals surface area contributed by atoms with Crippen LogP contribution in [0.1, 0.15) is 87.5 Å². The van der Waals surface area contributed by atoms with Gasteiger partial charge < -0.3 is 4.74 Å². The molecule has 0 heterocycles. The first-order chi connectivity index (χ1) is 11.4. The smallest absolute Gasteiger partial charge is 0.0720 e. The summed E-state index contributed by atoms with van der Waals surface area (Å²) in [5.41, 5.74) is 6.32. The first kappa shape index (κ1) is 18.9. The molecule has 132 valence electrons. The van der Waals surface area contributed by atoms with E-state index in [1.165, 1.54) is 47.9 Å². The second kappa shape index (κ2) is 8.62. The summed E-state index contributed by atoms with van der Waals surface area (Å²) in [6.45, 7) is 17.4. The Morgan fingerprint density at radius 1 is 1.12 bits per heavy atom. The van der Waals surface area contributed by atoms with Crippen molar-refractivity contribution in [1.29, 1.82) is 0 Å². The molecule has 0 unspecified atom stereocenters. The number of rotatable bonds is 8. The van der Waals surface area contributed by atoms with Crippen LogP contribution in [0.15, 0.2) is 29.4 Å². The minimum absolute atomic E-state index is 0.458. The van der Waals surface area contributed by atoms with Crippen LogP contribution >= 0.6 is 0 Å². The molecule has 0 amide bonds. The molecule has 0 aromatic heterocycles. The Hall–Kier alpha value is -1.41. The Balaban J connectivity index is 2.31. The van der Waals surface area contributed by atoms with Crippen molar-refractivity contribution >= 4 is 6.72 Å². The molecular formula is C22H33NO. The van der Waals surface area contributed by atoms with Gasteiger partial charge in [0.05, 0.1) is 12.7 Å². The highest BCUT2D eigenvalue weighted by molar-refractivity contribution is 5.45. The summed E-state index contributed by atoms with van der Waals surface area (Å²) in [5.74, 6) is 0.947. The molecule has 1 aliphatic carbocycles. The van der Waals surface area contributed by atoms with Gasteiger partial charge in [-0.1, -0.05) is 59.2 Å². The Morgan fingerprint density at radius 3 is 2.12 bits per heavy atom. The third kappa shape index (κ3) is 4.80. The molecular weight excluding hydrogens is 294 g/mol. The largest absolute Gasteiger partial charge is 0.374 e. The van der Waals surface area contributed by atoms with Crippen LogP contribution in [-0.4, -0.2) is 12.8 Å². The van der Waals surface area contributed by atoms with Crippen molar-refractivity contribution in [3.63, 3.8) is 0 Å². The molecule has 0 atom stereocenters. The maximum Gasteiger partial charge on any atom is 0.0720 e. The summed E-state index contributed by atoms with van der Waals surface area (Å²) in [6, 6.07) is 4.66. The molecule has 0 aliphatic heterocycles. The highest BCUT2D eigenvalue weighted by Gasteiger charge is 2.19. The predicted molar refractivity (Wildman–Crippen MR) is 104 cm³/mol. The first-order valence-corrected chi connectivity index (χ1v) is 9.34. The summed E-state index contributed by atoms with van der Waals surface area (Å²) >= 11 is 0. The lowest BCUT2D eigenvalue weighted by Gasteiger charge is -2.22. The van der Waals surface area contributed by atoms with Crippen LogP contribution in [0.2, 0.25) is 0 Å². The second-order valence-corrected chi connectivity index (χ2v) is 7.68. The molecule has 1 saturated carbocycles. The predicted octanol–water partition coefficient (Wildman–Crippen LogP) is 6.15. The zero-order valence-electron chi connectivity index (χ0n) is 15.9. The van der Waals surface area contributed by atoms with Gasteiger partial charge in [0.2, 0.25) is 0 Å². The number of nitrogens with zero attached hydrogens (tertiary/aromatic N) is 1. The average molecular weight is 328 g/mol. The van der Waals surface area contributed by atoms with Gasteiger partial charge in [-0.25, -0.2) is 0 Å². The van der Waals surface area contributed by atoms with Gasteiger partial charge in [-0.3, -0.25) is 4.99 Å². The van der Waals surface area contributed by atoms with Gasteiger partial charge in [0.25, 0.3) is 0 Å². The molecule has 1 aromatic rings. The highest BCUT2D eigenvalue weighted by Crippen LogP contribution is 2.32. The van der Waals surface area contributed by atoms with E-state index in [9.17, 15) is 0 Å². The van der Waals surface area contributed by atoms with E-state index in [1.807, 2.05) is 0 Å². The highest BCUT2D eigenvalue weighted by atomic mass is 16.5. The van der Waals surface area contributed by atoms with Gasteiger partial charge in [-0.2, -0.15) is 0 Å². The van der Waals surface area contributed by atoms with E-state index >= 15 is 0 Å². The molecule has 1 fully saturated rings. The van der Waals surface area contributed by atoms with Crippen LogP contribution in [0.3, 0.4) is 0 Å². The minimum Gasteiger partial charge on any atom is -0.374 e. The molecule has 0 spiro atoms. The van der Waals surface area contributed by atoms with Crippen molar-refractivity contribution in [2.75, 3.05) is 0 Å². The normalized spacial score (nSPS) is 15.4. The van der Waals surface area contributed by atoms with Gasteiger partial charge in [0.1, 0.15) is 0 Å². The van der Waals surface area contributed by atoms with Crippen molar-refractivity contribution in [3.05, 3.63) is 46.7 Å². The van der Waals surface area contributed by atoms with Crippen LogP contribution in [-0.2, 0) is 17.8 Å². The minimum atomic E-state index is 0.458. The quantitative estimate of drug-likeness (QED) is 0.525. The number of aliphatic imine (C=N–C) groups is 1. The van der Waals surface area contributed by atoms with Crippen molar-refractivity contribution in [2.24, 2.45) is 4.99 Å². The van der Waals surface area contributed by atoms with Crippen molar-refractivity contribution < 1.29 is 4.74 Å². The van der Waals surface area contributed by atoms with Crippen molar-refractivity contribution in [2.45, 2.75) is 84.3 Å². The number of hydrogen-bond acceptors (Lipinski definition) is 2. The lowest BCUT2D eigenvalue weighted by atomic mass is 9.85. The molecule has 2 rings (SSSR count). The third-order valence-corrected chi connectivity index (χ3v) is 5.02. The summed E-state index contributed by atoms with van der Waals surface area (Å²) in [4.78, 5) is 4.03. The van der Waals surface area contributed by atoms with E-state index in [4.69, 9.17) is 4.74 Å². The molecule has 0 radical (unpaired) electrons. The number of benzene rings is 1. The maximum absolute atomic E-state index is 6.15. The SMILES string of the molecule is C=NC(=C)Cc1c(C(C)C)cc(COC2CCCC2)cc1C(C)C.